The predicted molar refractivity (Wildman–Crippen MR) is 132 cm³/mol. The minimum atomic E-state index is -0.554. The molecule has 9 nitrogen and oxygen atoms in total. The van der Waals surface area contributed by atoms with Crippen molar-refractivity contribution >= 4 is 46.0 Å². The van der Waals surface area contributed by atoms with E-state index >= 15 is 0 Å². The van der Waals surface area contributed by atoms with Crippen LogP contribution in [0.4, 0.5) is 16.3 Å². The zero-order valence-electron chi connectivity index (χ0n) is 19.5. The van der Waals surface area contributed by atoms with Crippen molar-refractivity contribution in [2.45, 2.75) is 45.8 Å². The van der Waals surface area contributed by atoms with Crippen LogP contribution in [-0.2, 0) is 11.3 Å². The highest BCUT2D eigenvalue weighted by molar-refractivity contribution is 6.36. The molecular weight excluding hydrogens is 456 g/mol. The highest BCUT2D eigenvalue weighted by atomic mass is 35.5. The van der Waals surface area contributed by atoms with E-state index in [0.29, 0.717) is 41.2 Å². The molecule has 0 spiro atoms. The van der Waals surface area contributed by atoms with Crippen molar-refractivity contribution in [3.05, 3.63) is 47.2 Å². The van der Waals surface area contributed by atoms with Gasteiger partial charge in [0.1, 0.15) is 11.4 Å². The molecule has 1 atom stereocenters. The Hall–Kier alpha value is -3.33. The van der Waals surface area contributed by atoms with Crippen molar-refractivity contribution in [3.63, 3.8) is 0 Å². The van der Waals surface area contributed by atoms with Crippen LogP contribution in [0.5, 0.6) is 0 Å². The fraction of sp³-hybridized carbons (Fsp3) is 0.417. The Bertz CT molecular complexity index is 1200. The average molecular weight is 485 g/mol. The van der Waals surface area contributed by atoms with Crippen molar-refractivity contribution < 1.29 is 14.3 Å². The summed E-state index contributed by atoms with van der Waals surface area (Å²) in [5, 5.41) is 8.22. The molecule has 1 fully saturated rings. The minimum Gasteiger partial charge on any atom is -0.444 e. The molecule has 10 heteroatoms. The van der Waals surface area contributed by atoms with Crippen LogP contribution < -0.4 is 11.1 Å². The Labute approximate surface area is 203 Å². The van der Waals surface area contributed by atoms with E-state index in [-0.39, 0.29) is 23.5 Å². The molecular formula is C24H29ClN6O3. The second-order valence-electron chi connectivity index (χ2n) is 9.50. The first-order chi connectivity index (χ1) is 16.1. The molecule has 0 radical (unpaired) electrons. The monoisotopic (exact) mass is 484 g/mol. The summed E-state index contributed by atoms with van der Waals surface area (Å²) in [6, 6.07) is 9.11. The number of halogens is 1. The van der Waals surface area contributed by atoms with Gasteiger partial charge in [0.2, 0.25) is 0 Å². The Morgan fingerprint density at radius 1 is 1.26 bits per heavy atom. The van der Waals surface area contributed by atoms with Crippen LogP contribution in [-0.4, -0.2) is 50.4 Å². The number of nitrogens with two attached hydrogens (primary N) is 1. The topological polar surface area (TPSA) is 115 Å². The van der Waals surface area contributed by atoms with E-state index in [0.717, 1.165) is 12.8 Å². The van der Waals surface area contributed by atoms with Gasteiger partial charge < -0.3 is 20.7 Å². The molecule has 0 aliphatic carbocycles. The van der Waals surface area contributed by atoms with Crippen LogP contribution in [0.25, 0.3) is 10.9 Å². The number of carbonyl (C=O) groups excluding carboxylic acids is 2. The van der Waals surface area contributed by atoms with E-state index in [2.05, 4.69) is 15.4 Å². The molecule has 4 rings (SSSR count). The van der Waals surface area contributed by atoms with Crippen molar-refractivity contribution in [1.29, 1.82) is 0 Å². The van der Waals surface area contributed by atoms with Crippen molar-refractivity contribution in [2.75, 3.05) is 24.1 Å². The number of ether oxygens (including phenoxy) is 1. The van der Waals surface area contributed by atoms with E-state index in [1.165, 1.54) is 6.20 Å². The second kappa shape index (κ2) is 9.50. The number of likely N-dealkylation sites (tertiary alicyclic amines) is 1. The van der Waals surface area contributed by atoms with Crippen LogP contribution in [0.1, 0.15) is 44.1 Å². The third-order valence-corrected chi connectivity index (χ3v) is 5.88. The van der Waals surface area contributed by atoms with E-state index < -0.39 is 11.5 Å². The third-order valence-electron chi connectivity index (χ3n) is 5.60. The maximum Gasteiger partial charge on any atom is 0.410 e. The smallest absolute Gasteiger partial charge is 0.410 e. The maximum atomic E-state index is 13.1. The van der Waals surface area contributed by atoms with Crippen molar-refractivity contribution in [1.82, 2.24) is 19.7 Å². The van der Waals surface area contributed by atoms with Gasteiger partial charge >= 0.3 is 6.09 Å². The molecule has 3 aromatic rings. The number of aromatic nitrogens is 3. The summed E-state index contributed by atoms with van der Waals surface area (Å²) in [4.78, 5) is 31.5. The van der Waals surface area contributed by atoms with Gasteiger partial charge in [-0.2, -0.15) is 5.10 Å². The zero-order valence-corrected chi connectivity index (χ0v) is 20.3. The van der Waals surface area contributed by atoms with Gasteiger partial charge in [0, 0.05) is 25.3 Å². The summed E-state index contributed by atoms with van der Waals surface area (Å²) in [6.45, 7) is 7.20. The average Bonchev–Trinajstić information content (AvgIpc) is 3.17. The van der Waals surface area contributed by atoms with E-state index in [4.69, 9.17) is 22.1 Å². The Morgan fingerprint density at radius 3 is 2.71 bits per heavy atom. The first-order valence-electron chi connectivity index (χ1n) is 11.3. The molecule has 1 aliphatic rings. The number of amides is 2. The van der Waals surface area contributed by atoms with Gasteiger partial charge in [0.15, 0.2) is 5.69 Å². The molecule has 2 amide bonds. The van der Waals surface area contributed by atoms with E-state index in [9.17, 15) is 9.59 Å². The normalized spacial score (nSPS) is 16.5. The number of anilines is 2. The van der Waals surface area contributed by atoms with Crippen LogP contribution >= 0.6 is 11.6 Å². The van der Waals surface area contributed by atoms with Gasteiger partial charge in [-0.1, -0.05) is 29.8 Å². The molecule has 2 aromatic heterocycles. The number of rotatable bonds is 4. The Morgan fingerprint density at radius 2 is 2.00 bits per heavy atom. The number of nitrogens with one attached hydrogen (secondary N) is 1. The number of carbonyl (C=O) groups is 2. The molecule has 0 bridgehead atoms. The highest BCUT2D eigenvalue weighted by Gasteiger charge is 2.29. The van der Waals surface area contributed by atoms with Crippen LogP contribution in [0, 0.1) is 5.92 Å². The summed E-state index contributed by atoms with van der Waals surface area (Å²) >= 11 is 6.49. The third kappa shape index (κ3) is 5.25. The van der Waals surface area contributed by atoms with E-state index in [1.54, 1.807) is 21.7 Å². The lowest BCUT2D eigenvalue weighted by molar-refractivity contribution is 0.0156. The number of para-hydroxylation sites is 1. The van der Waals surface area contributed by atoms with Gasteiger partial charge in [-0.3, -0.25) is 9.48 Å². The number of nitrogen functional groups attached to an aromatic ring is 1. The first kappa shape index (κ1) is 23.8. The number of piperidine rings is 1. The van der Waals surface area contributed by atoms with Crippen LogP contribution in [0.15, 0.2) is 36.5 Å². The molecule has 180 valence electrons. The number of fused-ring (bicyclic) bond motifs is 1. The molecule has 1 aliphatic heterocycles. The number of nitrogens with zero attached hydrogens (tertiary/aromatic N) is 4. The van der Waals surface area contributed by atoms with Gasteiger partial charge in [-0.25, -0.2) is 9.78 Å². The van der Waals surface area contributed by atoms with Gasteiger partial charge in [-0.15, -0.1) is 0 Å². The number of hydrogen-bond donors (Lipinski definition) is 2. The van der Waals surface area contributed by atoms with Gasteiger partial charge in [0.05, 0.1) is 22.1 Å². The Kier molecular flexibility index (Phi) is 6.65. The van der Waals surface area contributed by atoms with E-state index in [1.807, 2.05) is 39.0 Å². The number of pyridine rings is 1. The Balaban J connectivity index is 1.61. The molecule has 3 heterocycles. The van der Waals surface area contributed by atoms with Gasteiger partial charge in [-0.05, 0) is 51.7 Å². The van der Waals surface area contributed by atoms with Crippen LogP contribution in [0.2, 0.25) is 5.02 Å². The lowest BCUT2D eigenvalue weighted by atomic mass is 9.98. The standard InChI is InChI=1S/C24H29ClN6O3/c1-24(2,3)34-23(33)30-11-7-8-15(13-30)14-31-20-17(25)12-27-21(26)18(20)19(29-31)22(32)28-16-9-5-4-6-10-16/h4-6,9-10,12,15H,7-8,11,13-14H2,1-3H3,(H2,26,27)(H,28,32)/t15-/m1/s1. The molecule has 1 aromatic carbocycles. The van der Waals surface area contributed by atoms with Crippen LogP contribution in [0.3, 0.4) is 0 Å². The molecule has 0 unspecified atom stereocenters. The largest absolute Gasteiger partial charge is 0.444 e. The molecule has 0 saturated carbocycles. The van der Waals surface area contributed by atoms with Gasteiger partial charge in [0.25, 0.3) is 5.91 Å². The number of hydrogen-bond acceptors (Lipinski definition) is 6. The minimum absolute atomic E-state index is 0.111. The highest BCUT2D eigenvalue weighted by Crippen LogP contribution is 2.31. The lowest BCUT2D eigenvalue weighted by Gasteiger charge is -2.34. The maximum absolute atomic E-state index is 13.1. The summed E-state index contributed by atoms with van der Waals surface area (Å²) in [5.74, 6) is -0.104. The van der Waals surface area contributed by atoms with Crippen molar-refractivity contribution in [2.24, 2.45) is 5.92 Å². The fourth-order valence-electron chi connectivity index (χ4n) is 4.15. The fourth-order valence-corrected chi connectivity index (χ4v) is 4.39. The first-order valence-corrected chi connectivity index (χ1v) is 11.6. The predicted octanol–water partition coefficient (Wildman–Crippen LogP) is 4.57. The SMILES string of the molecule is CC(C)(C)OC(=O)N1CCC[C@@H](Cn2nc(C(=O)Nc3ccccc3)c3c(N)ncc(Cl)c32)C1. The lowest BCUT2D eigenvalue weighted by Crippen LogP contribution is -2.43. The summed E-state index contributed by atoms with van der Waals surface area (Å²) in [6.07, 6.45) is 2.90. The number of benzene rings is 1. The summed E-state index contributed by atoms with van der Waals surface area (Å²) in [7, 11) is 0. The molecule has 34 heavy (non-hydrogen) atoms. The van der Waals surface area contributed by atoms with Crippen molar-refractivity contribution in [3.8, 4) is 0 Å². The molecule has 3 N–H and O–H groups in total. The summed E-state index contributed by atoms with van der Waals surface area (Å²) in [5.41, 5.74) is 6.96. The zero-order chi connectivity index (χ0) is 24.5. The summed E-state index contributed by atoms with van der Waals surface area (Å²) < 4.78 is 7.25. The molecule has 1 saturated heterocycles. The quantitative estimate of drug-likeness (QED) is 0.560. The second-order valence-corrected chi connectivity index (χ2v) is 9.91.